The molecule has 3 aromatic rings. The van der Waals surface area contributed by atoms with Crippen LogP contribution in [0.3, 0.4) is 0 Å². The smallest absolute Gasteiger partial charge is 0.242 e. The molecule has 7 nitrogen and oxygen atoms in total. The second kappa shape index (κ2) is 18.3. The van der Waals surface area contributed by atoms with Crippen LogP contribution in [-0.4, -0.2) is 74.0 Å². The Hall–Kier alpha value is -3.32. The maximum atomic E-state index is 13.9. The van der Waals surface area contributed by atoms with Crippen LogP contribution in [0, 0.1) is 0 Å². The first-order valence-electron chi connectivity index (χ1n) is 15.8. The molecule has 0 atom stereocenters. The Kier molecular flexibility index (Phi) is 14.4. The van der Waals surface area contributed by atoms with E-state index in [0.29, 0.717) is 39.1 Å². The molecule has 0 aliphatic heterocycles. The SMILES string of the molecule is CCCCCCCCCC(=O)N(CCCOC)CC(=O)N(CCc1c[nH]c2ccccc12)Cc1ccc(N(C)C)cc1. The van der Waals surface area contributed by atoms with Crippen molar-refractivity contribution in [3.63, 3.8) is 0 Å². The molecule has 0 aliphatic carbocycles. The van der Waals surface area contributed by atoms with E-state index in [2.05, 4.69) is 53.2 Å². The number of hydrogen-bond acceptors (Lipinski definition) is 4. The molecule has 2 aromatic carbocycles. The Morgan fingerprint density at radius 2 is 1.52 bits per heavy atom. The maximum absolute atomic E-state index is 13.9. The van der Waals surface area contributed by atoms with Crippen LogP contribution < -0.4 is 4.90 Å². The summed E-state index contributed by atoms with van der Waals surface area (Å²) in [7, 11) is 5.71. The molecule has 2 amide bonds. The molecule has 0 fully saturated rings. The fraction of sp³-hybridized carbons (Fsp3) is 0.543. The molecule has 3 rings (SSSR count). The van der Waals surface area contributed by atoms with Crippen molar-refractivity contribution in [3.05, 3.63) is 65.9 Å². The number of para-hydroxylation sites is 1. The molecule has 1 aromatic heterocycles. The fourth-order valence-electron chi connectivity index (χ4n) is 5.35. The van der Waals surface area contributed by atoms with Gasteiger partial charge < -0.3 is 24.4 Å². The minimum Gasteiger partial charge on any atom is -0.385 e. The number of fused-ring (bicyclic) bond motifs is 1. The molecule has 1 N–H and O–H groups in total. The van der Waals surface area contributed by atoms with Gasteiger partial charge in [0, 0.05) is 76.7 Å². The third kappa shape index (κ3) is 10.8. The second-order valence-corrected chi connectivity index (χ2v) is 11.5. The first-order valence-corrected chi connectivity index (χ1v) is 15.8. The summed E-state index contributed by atoms with van der Waals surface area (Å²) in [6.45, 7) is 4.51. The van der Waals surface area contributed by atoms with E-state index in [1.54, 1.807) is 12.0 Å². The van der Waals surface area contributed by atoms with Gasteiger partial charge in [0.2, 0.25) is 11.8 Å². The van der Waals surface area contributed by atoms with E-state index in [4.69, 9.17) is 4.74 Å². The number of carbonyl (C=O) groups excluding carboxylic acids is 2. The van der Waals surface area contributed by atoms with Crippen LogP contribution >= 0.6 is 0 Å². The average molecular weight is 577 g/mol. The molecule has 230 valence electrons. The van der Waals surface area contributed by atoms with Gasteiger partial charge >= 0.3 is 0 Å². The number of rotatable bonds is 20. The fourth-order valence-corrected chi connectivity index (χ4v) is 5.35. The van der Waals surface area contributed by atoms with Crippen molar-refractivity contribution in [1.82, 2.24) is 14.8 Å². The number of methoxy groups -OCH3 is 1. The zero-order chi connectivity index (χ0) is 30.2. The highest BCUT2D eigenvalue weighted by Gasteiger charge is 2.22. The number of benzene rings is 2. The zero-order valence-electron chi connectivity index (χ0n) is 26.4. The molecule has 0 aliphatic rings. The number of anilines is 1. The highest BCUT2D eigenvalue weighted by atomic mass is 16.5. The number of aromatic amines is 1. The lowest BCUT2D eigenvalue weighted by Crippen LogP contribution is -2.44. The molecular formula is C35H52N4O3. The van der Waals surface area contributed by atoms with Gasteiger partial charge in [0.25, 0.3) is 0 Å². The normalized spacial score (nSPS) is 11.1. The third-order valence-corrected chi connectivity index (χ3v) is 7.95. The minimum atomic E-state index is -0.0168. The van der Waals surface area contributed by atoms with Gasteiger partial charge in [-0.1, -0.05) is 75.8 Å². The monoisotopic (exact) mass is 576 g/mol. The highest BCUT2D eigenvalue weighted by molar-refractivity contribution is 5.85. The summed E-state index contributed by atoms with van der Waals surface area (Å²) in [4.78, 5) is 36.2. The van der Waals surface area contributed by atoms with Gasteiger partial charge in [0.15, 0.2) is 0 Å². The summed E-state index contributed by atoms with van der Waals surface area (Å²) in [6.07, 6.45) is 12.1. The topological polar surface area (TPSA) is 68.9 Å². The number of unbranched alkanes of at least 4 members (excludes halogenated alkanes) is 6. The van der Waals surface area contributed by atoms with Crippen molar-refractivity contribution in [1.29, 1.82) is 0 Å². The van der Waals surface area contributed by atoms with E-state index < -0.39 is 0 Å². The predicted molar refractivity (Wildman–Crippen MR) is 174 cm³/mol. The van der Waals surface area contributed by atoms with Crippen LogP contribution in [0.25, 0.3) is 10.9 Å². The number of ether oxygens (including phenoxy) is 1. The number of hydrogen-bond donors (Lipinski definition) is 1. The molecule has 0 radical (unpaired) electrons. The van der Waals surface area contributed by atoms with E-state index in [0.717, 1.165) is 36.0 Å². The molecule has 0 spiro atoms. The van der Waals surface area contributed by atoms with Crippen molar-refractivity contribution >= 4 is 28.4 Å². The van der Waals surface area contributed by atoms with Crippen molar-refractivity contribution in [3.8, 4) is 0 Å². The predicted octanol–water partition coefficient (Wildman–Crippen LogP) is 6.81. The number of aromatic nitrogens is 1. The van der Waals surface area contributed by atoms with E-state index in [1.165, 1.54) is 43.1 Å². The highest BCUT2D eigenvalue weighted by Crippen LogP contribution is 2.20. The Morgan fingerprint density at radius 3 is 2.24 bits per heavy atom. The largest absolute Gasteiger partial charge is 0.385 e. The summed E-state index contributed by atoms with van der Waals surface area (Å²) in [5.74, 6) is 0.0526. The van der Waals surface area contributed by atoms with E-state index in [-0.39, 0.29) is 18.4 Å². The lowest BCUT2D eigenvalue weighted by Gasteiger charge is -2.28. The minimum absolute atomic E-state index is 0.0168. The number of nitrogens with zero attached hydrogens (tertiary/aromatic N) is 3. The summed E-state index contributed by atoms with van der Waals surface area (Å²) in [5, 5.41) is 1.19. The molecule has 7 heteroatoms. The van der Waals surface area contributed by atoms with Gasteiger partial charge in [-0.15, -0.1) is 0 Å². The molecule has 0 saturated heterocycles. The number of carbonyl (C=O) groups is 2. The van der Waals surface area contributed by atoms with Crippen molar-refractivity contribution < 1.29 is 14.3 Å². The Morgan fingerprint density at radius 1 is 0.810 bits per heavy atom. The van der Waals surface area contributed by atoms with Gasteiger partial charge in [-0.05, 0) is 48.6 Å². The summed E-state index contributed by atoms with van der Waals surface area (Å²) in [5.41, 5.74) is 4.49. The van der Waals surface area contributed by atoms with Crippen LogP contribution in [0.1, 0.15) is 75.8 Å². The second-order valence-electron chi connectivity index (χ2n) is 11.5. The van der Waals surface area contributed by atoms with Gasteiger partial charge in [-0.25, -0.2) is 0 Å². The van der Waals surface area contributed by atoms with Crippen LogP contribution in [-0.2, 0) is 27.3 Å². The molecule has 1 heterocycles. The Labute approximate surface area is 253 Å². The van der Waals surface area contributed by atoms with Gasteiger partial charge in [0.05, 0.1) is 6.54 Å². The summed E-state index contributed by atoms with van der Waals surface area (Å²) in [6, 6.07) is 16.6. The Balaban J connectivity index is 1.68. The number of H-pyrrole nitrogens is 1. The first kappa shape index (κ1) is 33.2. The van der Waals surface area contributed by atoms with E-state index in [9.17, 15) is 9.59 Å². The zero-order valence-corrected chi connectivity index (χ0v) is 26.4. The summed E-state index contributed by atoms with van der Waals surface area (Å²) >= 11 is 0. The molecule has 0 bridgehead atoms. The van der Waals surface area contributed by atoms with Crippen LogP contribution in [0.4, 0.5) is 5.69 Å². The standard InChI is InChI=1S/C35H52N4O3/c1-5-6-7-8-9-10-11-17-34(40)38(23-14-25-42-4)28-35(41)39(27-29-18-20-31(21-19-29)37(2)3)24-22-30-26-36-33-16-13-12-15-32(30)33/h12-13,15-16,18-21,26,36H,5-11,14,17,22-25,27-28H2,1-4H3. The molecule has 42 heavy (non-hydrogen) atoms. The van der Waals surface area contributed by atoms with Gasteiger partial charge in [-0.3, -0.25) is 9.59 Å². The lowest BCUT2D eigenvalue weighted by atomic mass is 10.1. The van der Waals surface area contributed by atoms with Crippen LogP contribution in [0.5, 0.6) is 0 Å². The summed E-state index contributed by atoms with van der Waals surface area (Å²) < 4.78 is 5.25. The van der Waals surface area contributed by atoms with Gasteiger partial charge in [-0.2, -0.15) is 0 Å². The number of nitrogens with one attached hydrogen (secondary N) is 1. The van der Waals surface area contributed by atoms with Crippen molar-refractivity contribution in [2.24, 2.45) is 0 Å². The molecule has 0 unspecified atom stereocenters. The first-order chi connectivity index (χ1) is 20.4. The third-order valence-electron chi connectivity index (χ3n) is 7.95. The van der Waals surface area contributed by atoms with Crippen LogP contribution in [0.2, 0.25) is 0 Å². The lowest BCUT2D eigenvalue weighted by molar-refractivity contribution is -0.141. The van der Waals surface area contributed by atoms with E-state index >= 15 is 0 Å². The molecule has 0 saturated carbocycles. The van der Waals surface area contributed by atoms with Crippen molar-refractivity contribution in [2.45, 2.75) is 77.7 Å². The van der Waals surface area contributed by atoms with E-state index in [1.807, 2.05) is 37.3 Å². The van der Waals surface area contributed by atoms with Crippen LogP contribution in [0.15, 0.2) is 54.7 Å². The van der Waals surface area contributed by atoms with Gasteiger partial charge in [0.1, 0.15) is 0 Å². The maximum Gasteiger partial charge on any atom is 0.242 e. The Bertz CT molecular complexity index is 1200. The average Bonchev–Trinajstić information content (AvgIpc) is 3.41. The van der Waals surface area contributed by atoms with Crippen molar-refractivity contribution in [2.75, 3.05) is 52.3 Å². The quantitative estimate of drug-likeness (QED) is 0.150. The number of amides is 2. The molecular weight excluding hydrogens is 524 g/mol.